The maximum Gasteiger partial charge on any atom is 0.239 e. The fourth-order valence-electron chi connectivity index (χ4n) is 1.73. The van der Waals surface area contributed by atoms with E-state index in [0.717, 1.165) is 11.9 Å². The molecule has 0 aliphatic rings. The lowest BCUT2D eigenvalue weighted by Crippen LogP contribution is -2.44. The molecule has 1 atom stereocenters. The minimum atomic E-state index is -3.11. The first-order chi connectivity index (χ1) is 9.33. The molecule has 1 aromatic rings. The van der Waals surface area contributed by atoms with E-state index in [2.05, 4.69) is 4.98 Å². The molecule has 0 aromatic carbocycles. The van der Waals surface area contributed by atoms with Gasteiger partial charge in [0.15, 0.2) is 0 Å². The van der Waals surface area contributed by atoms with Gasteiger partial charge in [-0.05, 0) is 25.5 Å². The number of nitrogens with two attached hydrogens (primary N) is 1. The molecule has 0 saturated heterocycles. The van der Waals surface area contributed by atoms with Crippen molar-refractivity contribution in [2.24, 2.45) is 5.73 Å². The Morgan fingerprint density at radius 2 is 2.15 bits per heavy atom. The van der Waals surface area contributed by atoms with Crippen LogP contribution in [0.3, 0.4) is 0 Å². The normalized spacial score (nSPS) is 12.9. The monoisotopic (exact) mass is 299 g/mol. The van der Waals surface area contributed by atoms with Gasteiger partial charge >= 0.3 is 0 Å². The Hall–Kier alpha value is -1.47. The average molecular weight is 299 g/mol. The maximum atomic E-state index is 12.2. The van der Waals surface area contributed by atoms with Gasteiger partial charge < -0.3 is 10.6 Å². The van der Waals surface area contributed by atoms with Gasteiger partial charge in [0.05, 0.1) is 24.0 Å². The predicted octanol–water partition coefficient (Wildman–Crippen LogP) is 0.192. The third-order valence-corrected chi connectivity index (χ3v) is 3.87. The van der Waals surface area contributed by atoms with E-state index in [1.165, 1.54) is 0 Å². The lowest BCUT2D eigenvalue weighted by molar-refractivity contribution is -0.133. The molecule has 1 unspecified atom stereocenters. The molecule has 1 rings (SSSR count). The Balaban J connectivity index is 2.62. The summed E-state index contributed by atoms with van der Waals surface area (Å²) in [5, 5.41) is 0. The predicted molar refractivity (Wildman–Crippen MR) is 77.6 cm³/mol. The van der Waals surface area contributed by atoms with E-state index in [1.807, 2.05) is 19.1 Å². The van der Waals surface area contributed by atoms with Crippen LogP contribution in [0.25, 0.3) is 0 Å². The molecule has 2 N–H and O–H groups in total. The van der Waals surface area contributed by atoms with Gasteiger partial charge in [-0.25, -0.2) is 8.42 Å². The topological polar surface area (TPSA) is 93.4 Å². The smallest absolute Gasteiger partial charge is 0.239 e. The summed E-state index contributed by atoms with van der Waals surface area (Å²) >= 11 is 0. The van der Waals surface area contributed by atoms with Crippen molar-refractivity contribution in [3.8, 4) is 0 Å². The van der Waals surface area contributed by atoms with Crippen molar-refractivity contribution in [1.29, 1.82) is 0 Å². The molecule has 1 amide bonds. The van der Waals surface area contributed by atoms with Crippen LogP contribution in [-0.4, -0.2) is 48.8 Å². The van der Waals surface area contributed by atoms with E-state index in [9.17, 15) is 13.2 Å². The van der Waals surface area contributed by atoms with Crippen LogP contribution in [0.2, 0.25) is 0 Å². The average Bonchev–Trinajstić information content (AvgIpc) is 2.41. The van der Waals surface area contributed by atoms with E-state index in [1.54, 1.807) is 17.2 Å². The summed E-state index contributed by atoms with van der Waals surface area (Å²) in [6.07, 6.45) is 2.93. The number of rotatable bonds is 7. The molecular weight excluding hydrogens is 278 g/mol. The van der Waals surface area contributed by atoms with E-state index >= 15 is 0 Å². The van der Waals surface area contributed by atoms with Crippen LogP contribution in [0.15, 0.2) is 24.4 Å². The highest BCUT2D eigenvalue weighted by Gasteiger charge is 2.21. The number of hydrogen-bond donors (Lipinski definition) is 1. The summed E-state index contributed by atoms with van der Waals surface area (Å²) in [5.74, 6) is -0.331. The number of aromatic nitrogens is 1. The first kappa shape index (κ1) is 16.6. The SMILES string of the molecule is CCN(Cc1ccccn1)C(=O)C(N)CCS(C)(=O)=O. The highest BCUT2D eigenvalue weighted by molar-refractivity contribution is 7.90. The number of hydrogen-bond acceptors (Lipinski definition) is 5. The Bertz CT molecular complexity index is 531. The van der Waals surface area contributed by atoms with E-state index in [4.69, 9.17) is 5.73 Å². The molecule has 6 nitrogen and oxygen atoms in total. The molecule has 0 saturated carbocycles. The van der Waals surface area contributed by atoms with Crippen molar-refractivity contribution in [1.82, 2.24) is 9.88 Å². The number of pyridine rings is 1. The minimum absolute atomic E-state index is 0.0823. The Kier molecular flexibility index (Phi) is 6.09. The molecule has 7 heteroatoms. The zero-order chi connectivity index (χ0) is 15.2. The van der Waals surface area contributed by atoms with Crippen molar-refractivity contribution < 1.29 is 13.2 Å². The Morgan fingerprint density at radius 1 is 1.45 bits per heavy atom. The molecule has 1 aromatic heterocycles. The third kappa shape index (κ3) is 5.66. The molecule has 0 aliphatic heterocycles. The zero-order valence-electron chi connectivity index (χ0n) is 11.8. The van der Waals surface area contributed by atoms with Crippen LogP contribution in [0.5, 0.6) is 0 Å². The summed E-state index contributed by atoms with van der Waals surface area (Å²) in [6, 6.07) is 4.69. The van der Waals surface area contributed by atoms with Crippen molar-refractivity contribution >= 4 is 15.7 Å². The summed E-state index contributed by atoms with van der Waals surface area (Å²) in [5.41, 5.74) is 6.55. The van der Waals surface area contributed by atoms with Gasteiger partial charge in [-0.3, -0.25) is 9.78 Å². The molecule has 0 bridgehead atoms. The quantitative estimate of drug-likeness (QED) is 0.776. The molecule has 0 spiro atoms. The van der Waals surface area contributed by atoms with Crippen LogP contribution in [0.4, 0.5) is 0 Å². The van der Waals surface area contributed by atoms with Gasteiger partial charge in [0, 0.05) is 19.0 Å². The van der Waals surface area contributed by atoms with Gasteiger partial charge in [-0.2, -0.15) is 0 Å². The Labute approximate surface area is 119 Å². The maximum absolute atomic E-state index is 12.2. The fraction of sp³-hybridized carbons (Fsp3) is 0.538. The molecule has 0 fully saturated rings. The number of carbonyl (C=O) groups is 1. The fourth-order valence-corrected chi connectivity index (χ4v) is 2.41. The summed E-state index contributed by atoms with van der Waals surface area (Å²) in [6.45, 7) is 2.73. The molecule has 20 heavy (non-hydrogen) atoms. The lowest BCUT2D eigenvalue weighted by atomic mass is 10.2. The highest BCUT2D eigenvalue weighted by atomic mass is 32.2. The van der Waals surface area contributed by atoms with Gasteiger partial charge in [-0.1, -0.05) is 6.07 Å². The molecule has 0 radical (unpaired) electrons. The standard InChI is InChI=1S/C13H21N3O3S/c1-3-16(10-11-6-4-5-8-15-11)13(17)12(14)7-9-20(2,18)19/h4-6,8,12H,3,7,9-10,14H2,1-2H3. The summed E-state index contributed by atoms with van der Waals surface area (Å²) in [4.78, 5) is 17.9. The van der Waals surface area contributed by atoms with Crippen molar-refractivity contribution in [2.45, 2.75) is 25.9 Å². The highest BCUT2D eigenvalue weighted by Crippen LogP contribution is 2.05. The van der Waals surface area contributed by atoms with Gasteiger partial charge in [0.1, 0.15) is 9.84 Å². The Morgan fingerprint density at radius 3 is 2.65 bits per heavy atom. The van der Waals surface area contributed by atoms with E-state index in [0.29, 0.717) is 13.1 Å². The second-order valence-corrected chi connectivity index (χ2v) is 6.96. The van der Waals surface area contributed by atoms with Crippen LogP contribution >= 0.6 is 0 Å². The largest absolute Gasteiger partial charge is 0.336 e. The zero-order valence-corrected chi connectivity index (χ0v) is 12.6. The van der Waals surface area contributed by atoms with Gasteiger partial charge in [-0.15, -0.1) is 0 Å². The number of likely N-dealkylation sites (N-methyl/N-ethyl adjacent to an activating group) is 1. The van der Waals surface area contributed by atoms with Crippen molar-refractivity contribution in [3.05, 3.63) is 30.1 Å². The first-order valence-electron chi connectivity index (χ1n) is 6.45. The number of sulfone groups is 1. The van der Waals surface area contributed by atoms with Crippen molar-refractivity contribution in [2.75, 3.05) is 18.6 Å². The lowest BCUT2D eigenvalue weighted by Gasteiger charge is -2.23. The molecule has 112 valence electrons. The van der Waals surface area contributed by atoms with Gasteiger partial charge in [0.25, 0.3) is 0 Å². The third-order valence-electron chi connectivity index (χ3n) is 2.89. The van der Waals surface area contributed by atoms with Crippen LogP contribution in [0, 0.1) is 0 Å². The van der Waals surface area contributed by atoms with E-state index in [-0.39, 0.29) is 18.1 Å². The molecule has 1 heterocycles. The minimum Gasteiger partial charge on any atom is -0.336 e. The van der Waals surface area contributed by atoms with Gasteiger partial charge in [0.2, 0.25) is 5.91 Å². The molecule has 0 aliphatic carbocycles. The first-order valence-corrected chi connectivity index (χ1v) is 8.51. The molecular formula is C13H21N3O3S. The number of amides is 1. The van der Waals surface area contributed by atoms with Crippen LogP contribution < -0.4 is 5.73 Å². The van der Waals surface area contributed by atoms with Crippen LogP contribution in [-0.2, 0) is 21.2 Å². The summed E-state index contributed by atoms with van der Waals surface area (Å²) in [7, 11) is -3.11. The van der Waals surface area contributed by atoms with E-state index < -0.39 is 15.9 Å². The van der Waals surface area contributed by atoms with Crippen LogP contribution in [0.1, 0.15) is 19.0 Å². The number of carbonyl (C=O) groups excluding carboxylic acids is 1. The summed E-state index contributed by atoms with van der Waals surface area (Å²) < 4.78 is 22.2. The van der Waals surface area contributed by atoms with Crippen molar-refractivity contribution in [3.63, 3.8) is 0 Å². The number of nitrogens with zero attached hydrogens (tertiary/aromatic N) is 2. The second kappa shape index (κ2) is 7.35. The second-order valence-electron chi connectivity index (χ2n) is 4.70.